The van der Waals surface area contributed by atoms with Crippen molar-refractivity contribution < 1.29 is 13.5 Å². The summed E-state index contributed by atoms with van der Waals surface area (Å²) in [6, 6.07) is 7.69. The highest BCUT2D eigenvalue weighted by Gasteiger charge is 2.29. The van der Waals surface area contributed by atoms with Gasteiger partial charge in [0.05, 0.1) is 18.0 Å². The lowest BCUT2D eigenvalue weighted by Gasteiger charge is -2.35. The molecule has 0 unspecified atom stereocenters. The fourth-order valence-electron chi connectivity index (χ4n) is 2.88. The van der Waals surface area contributed by atoms with E-state index in [9.17, 15) is 13.5 Å². The maximum Gasteiger partial charge on any atom is 0.246 e. The lowest BCUT2D eigenvalue weighted by molar-refractivity contribution is 0.0786. The van der Waals surface area contributed by atoms with Crippen LogP contribution in [0.2, 0.25) is 0 Å². The van der Waals surface area contributed by atoms with E-state index in [-0.39, 0.29) is 10.8 Å². The number of nitrogens with zero attached hydrogens (tertiary/aromatic N) is 4. The molecule has 1 aromatic heterocycles. The molecule has 0 saturated carbocycles. The van der Waals surface area contributed by atoms with Crippen molar-refractivity contribution in [2.45, 2.75) is 24.3 Å². The Balaban J connectivity index is 1.68. The average Bonchev–Trinajstić information content (AvgIpc) is 2.62. The van der Waals surface area contributed by atoms with E-state index in [0.717, 1.165) is 11.3 Å². The number of benzene rings is 1. The number of piperazine rings is 1. The third-order valence-corrected chi connectivity index (χ3v) is 6.31. The van der Waals surface area contributed by atoms with Crippen molar-refractivity contribution in [3.63, 3.8) is 0 Å². The minimum absolute atomic E-state index is 0.0447. The highest BCUT2D eigenvalue weighted by Crippen LogP contribution is 2.25. The first-order valence-corrected chi connectivity index (χ1v) is 9.77. The van der Waals surface area contributed by atoms with Crippen molar-refractivity contribution in [2.75, 3.05) is 36.8 Å². The Morgan fingerprint density at radius 1 is 1.04 bits per heavy atom. The van der Waals surface area contributed by atoms with Crippen molar-refractivity contribution in [3.05, 3.63) is 42.2 Å². The molecule has 1 aliphatic rings. The van der Waals surface area contributed by atoms with Crippen LogP contribution in [-0.4, -0.2) is 54.0 Å². The van der Waals surface area contributed by atoms with Gasteiger partial charge in [-0.3, -0.25) is 0 Å². The van der Waals surface area contributed by atoms with E-state index in [1.165, 1.54) is 16.7 Å². The minimum atomic E-state index is -3.62. The van der Waals surface area contributed by atoms with E-state index in [1.807, 2.05) is 24.3 Å². The summed E-state index contributed by atoms with van der Waals surface area (Å²) < 4.78 is 26.7. The monoisotopic (exact) mass is 377 g/mol. The molecule has 0 amide bonds. The normalized spacial score (nSPS) is 16.7. The van der Waals surface area contributed by atoms with Gasteiger partial charge in [-0.25, -0.2) is 18.4 Å². The third kappa shape index (κ3) is 3.79. The van der Waals surface area contributed by atoms with Crippen LogP contribution in [0, 0.1) is 0 Å². The molecule has 2 heterocycles. The lowest BCUT2D eigenvalue weighted by atomic mass is 9.98. The minimum Gasteiger partial charge on any atom is -0.386 e. The van der Waals surface area contributed by atoms with Gasteiger partial charge in [-0.15, -0.1) is 0 Å². The third-order valence-electron chi connectivity index (χ3n) is 4.46. The van der Waals surface area contributed by atoms with Gasteiger partial charge < -0.3 is 15.7 Å². The molecular weight excluding hydrogens is 354 g/mol. The Labute approximate surface area is 153 Å². The highest BCUT2D eigenvalue weighted by atomic mass is 32.2. The number of nitrogens with two attached hydrogens (primary N) is 1. The molecule has 0 atom stereocenters. The van der Waals surface area contributed by atoms with Crippen LogP contribution in [0.3, 0.4) is 0 Å². The van der Waals surface area contributed by atoms with E-state index in [2.05, 4.69) is 14.9 Å². The summed E-state index contributed by atoms with van der Waals surface area (Å²) in [4.78, 5) is 9.70. The molecule has 3 rings (SSSR count). The molecule has 1 aliphatic heterocycles. The standard InChI is InChI=1S/C17H23N5O3S/c1-17(2,23)13-3-5-14(6-4-13)21-7-9-22(10-8-21)26(24,25)15-11-19-16(18)20-12-15/h3-6,11-12,23H,7-10H2,1-2H3,(H2,18,19,20). The molecule has 1 fully saturated rings. The number of hydrogen-bond donors (Lipinski definition) is 2. The first kappa shape index (κ1) is 18.6. The number of sulfonamides is 1. The smallest absolute Gasteiger partial charge is 0.246 e. The highest BCUT2D eigenvalue weighted by molar-refractivity contribution is 7.89. The number of hydrogen-bond acceptors (Lipinski definition) is 7. The number of nitrogen functional groups attached to an aromatic ring is 1. The Hall–Kier alpha value is -2.23. The molecule has 3 N–H and O–H groups in total. The molecule has 26 heavy (non-hydrogen) atoms. The summed E-state index contributed by atoms with van der Waals surface area (Å²) in [5, 5.41) is 10.0. The van der Waals surface area contributed by atoms with E-state index in [0.29, 0.717) is 26.2 Å². The SMILES string of the molecule is CC(C)(O)c1ccc(N2CCN(S(=O)(=O)c3cnc(N)nc3)CC2)cc1. The van der Waals surface area contributed by atoms with Crippen LogP contribution in [0.25, 0.3) is 0 Å². The predicted octanol–water partition coefficient (Wildman–Crippen LogP) is 0.797. The van der Waals surface area contributed by atoms with Crippen LogP contribution in [0.15, 0.2) is 41.6 Å². The maximum atomic E-state index is 12.7. The summed E-state index contributed by atoms with van der Waals surface area (Å²) in [5.74, 6) is 0.0447. The molecular formula is C17H23N5O3S. The zero-order chi connectivity index (χ0) is 18.9. The molecule has 0 radical (unpaired) electrons. The van der Waals surface area contributed by atoms with Crippen molar-refractivity contribution in [1.82, 2.24) is 14.3 Å². The molecule has 9 heteroatoms. The van der Waals surface area contributed by atoms with E-state index in [1.54, 1.807) is 13.8 Å². The Morgan fingerprint density at radius 3 is 2.08 bits per heavy atom. The van der Waals surface area contributed by atoms with Gasteiger partial charge in [0, 0.05) is 31.9 Å². The van der Waals surface area contributed by atoms with Crippen LogP contribution in [0.5, 0.6) is 0 Å². The zero-order valence-corrected chi connectivity index (χ0v) is 15.6. The zero-order valence-electron chi connectivity index (χ0n) is 14.8. The molecule has 0 bridgehead atoms. The van der Waals surface area contributed by atoms with Gasteiger partial charge in [-0.2, -0.15) is 4.31 Å². The summed E-state index contributed by atoms with van der Waals surface area (Å²) in [6.45, 7) is 5.40. The van der Waals surface area contributed by atoms with Gasteiger partial charge >= 0.3 is 0 Å². The van der Waals surface area contributed by atoms with Gasteiger partial charge in [0.25, 0.3) is 0 Å². The second-order valence-electron chi connectivity index (χ2n) is 6.77. The second kappa shape index (κ2) is 6.82. The van der Waals surface area contributed by atoms with Gasteiger partial charge in [0.2, 0.25) is 16.0 Å². The van der Waals surface area contributed by atoms with E-state index < -0.39 is 15.6 Å². The summed E-state index contributed by atoms with van der Waals surface area (Å²) in [5.41, 5.74) is 6.38. The maximum absolute atomic E-state index is 12.7. The van der Waals surface area contributed by atoms with Crippen LogP contribution < -0.4 is 10.6 Å². The quantitative estimate of drug-likeness (QED) is 0.810. The average molecular weight is 377 g/mol. The van der Waals surface area contributed by atoms with E-state index in [4.69, 9.17) is 5.73 Å². The molecule has 8 nitrogen and oxygen atoms in total. The number of aromatic nitrogens is 2. The molecule has 1 aromatic carbocycles. The lowest BCUT2D eigenvalue weighted by Crippen LogP contribution is -2.48. The largest absolute Gasteiger partial charge is 0.386 e. The Bertz CT molecular complexity index is 853. The van der Waals surface area contributed by atoms with Gasteiger partial charge in [-0.05, 0) is 31.5 Å². The van der Waals surface area contributed by atoms with Crippen molar-refractivity contribution >= 4 is 21.7 Å². The number of rotatable bonds is 4. The van der Waals surface area contributed by atoms with Gasteiger partial charge in [0.1, 0.15) is 4.90 Å². The van der Waals surface area contributed by atoms with E-state index >= 15 is 0 Å². The second-order valence-corrected chi connectivity index (χ2v) is 8.71. The fraction of sp³-hybridized carbons (Fsp3) is 0.412. The molecule has 0 aliphatic carbocycles. The summed E-state index contributed by atoms with van der Waals surface area (Å²) in [7, 11) is -3.62. The first-order chi connectivity index (χ1) is 12.2. The predicted molar refractivity (Wildman–Crippen MR) is 99.1 cm³/mol. The van der Waals surface area contributed by atoms with Gasteiger partial charge in [-0.1, -0.05) is 12.1 Å². The van der Waals surface area contributed by atoms with Crippen molar-refractivity contribution in [1.29, 1.82) is 0 Å². The Morgan fingerprint density at radius 2 is 1.58 bits per heavy atom. The van der Waals surface area contributed by atoms with Crippen LogP contribution in [0.4, 0.5) is 11.6 Å². The fourth-order valence-corrected chi connectivity index (χ4v) is 4.19. The molecule has 140 valence electrons. The number of anilines is 2. The van der Waals surface area contributed by atoms with Crippen LogP contribution >= 0.6 is 0 Å². The topological polar surface area (TPSA) is 113 Å². The first-order valence-electron chi connectivity index (χ1n) is 8.33. The van der Waals surface area contributed by atoms with Crippen molar-refractivity contribution in [3.8, 4) is 0 Å². The van der Waals surface area contributed by atoms with Crippen LogP contribution in [0.1, 0.15) is 19.4 Å². The molecule has 1 saturated heterocycles. The van der Waals surface area contributed by atoms with Gasteiger partial charge in [0.15, 0.2) is 0 Å². The summed E-state index contributed by atoms with van der Waals surface area (Å²) in [6.07, 6.45) is 2.47. The molecule has 0 spiro atoms. The van der Waals surface area contributed by atoms with Crippen molar-refractivity contribution in [2.24, 2.45) is 0 Å². The molecule has 2 aromatic rings. The van der Waals surface area contributed by atoms with Crippen LogP contribution in [-0.2, 0) is 15.6 Å². The Kier molecular flexibility index (Phi) is 4.87. The summed E-state index contributed by atoms with van der Waals surface area (Å²) >= 11 is 0. The number of aliphatic hydroxyl groups is 1.